The van der Waals surface area contributed by atoms with Crippen LogP contribution in [0.1, 0.15) is 17.2 Å². The van der Waals surface area contributed by atoms with Crippen LogP contribution in [0.2, 0.25) is 5.02 Å². The minimum absolute atomic E-state index is 0.0920. The molecular formula is C17H21ClN2O. The minimum atomic E-state index is 0.0920. The van der Waals surface area contributed by atoms with E-state index in [2.05, 4.69) is 17.9 Å². The summed E-state index contributed by atoms with van der Waals surface area (Å²) in [5.41, 5.74) is 9.42. The third-order valence-electron chi connectivity index (χ3n) is 3.74. The second kappa shape index (κ2) is 6.83. The zero-order valence-corrected chi connectivity index (χ0v) is 13.4. The van der Waals surface area contributed by atoms with Gasteiger partial charge in [0.25, 0.3) is 0 Å². The molecule has 0 bridgehead atoms. The Balaban J connectivity index is 2.35. The third kappa shape index (κ3) is 3.49. The lowest BCUT2D eigenvalue weighted by molar-refractivity contribution is 0.414. The molecule has 2 aromatic rings. The van der Waals surface area contributed by atoms with Gasteiger partial charge in [-0.1, -0.05) is 23.7 Å². The Morgan fingerprint density at radius 1 is 1.24 bits per heavy atom. The van der Waals surface area contributed by atoms with E-state index in [4.69, 9.17) is 22.1 Å². The van der Waals surface area contributed by atoms with Gasteiger partial charge < -0.3 is 15.4 Å². The minimum Gasteiger partial charge on any atom is -0.497 e. The Hall–Kier alpha value is -1.71. The van der Waals surface area contributed by atoms with E-state index in [-0.39, 0.29) is 6.04 Å². The maximum Gasteiger partial charge on any atom is 0.120 e. The molecule has 3 nitrogen and oxygen atoms in total. The molecule has 2 rings (SSSR count). The first-order chi connectivity index (χ1) is 10.1. The van der Waals surface area contributed by atoms with Crippen molar-refractivity contribution in [2.24, 2.45) is 5.73 Å². The van der Waals surface area contributed by atoms with Crippen molar-refractivity contribution in [3.05, 3.63) is 58.6 Å². The van der Waals surface area contributed by atoms with E-state index in [1.165, 1.54) is 5.56 Å². The molecule has 21 heavy (non-hydrogen) atoms. The SMILES string of the molecule is COc1cccc(N(C)C(CN)c2ccc(Cl)cc2C)c1. The number of anilines is 1. The highest BCUT2D eigenvalue weighted by molar-refractivity contribution is 6.30. The lowest BCUT2D eigenvalue weighted by atomic mass is 9.99. The summed E-state index contributed by atoms with van der Waals surface area (Å²) in [5, 5.41) is 0.746. The zero-order valence-electron chi connectivity index (χ0n) is 12.6. The highest BCUT2D eigenvalue weighted by Crippen LogP contribution is 2.30. The van der Waals surface area contributed by atoms with Crippen molar-refractivity contribution in [1.82, 2.24) is 0 Å². The molecule has 0 aliphatic rings. The summed E-state index contributed by atoms with van der Waals surface area (Å²) in [7, 11) is 3.71. The molecule has 1 unspecified atom stereocenters. The van der Waals surface area contributed by atoms with Crippen LogP contribution in [-0.2, 0) is 0 Å². The van der Waals surface area contributed by atoms with Gasteiger partial charge in [-0.3, -0.25) is 0 Å². The molecule has 4 heteroatoms. The second-order valence-corrected chi connectivity index (χ2v) is 5.50. The molecule has 0 spiro atoms. The largest absolute Gasteiger partial charge is 0.497 e. The molecule has 0 aromatic heterocycles. The van der Waals surface area contributed by atoms with Gasteiger partial charge in [0, 0.05) is 30.4 Å². The molecule has 0 fully saturated rings. The van der Waals surface area contributed by atoms with E-state index in [0.29, 0.717) is 6.54 Å². The van der Waals surface area contributed by atoms with Crippen LogP contribution in [0.3, 0.4) is 0 Å². The van der Waals surface area contributed by atoms with Crippen molar-refractivity contribution in [3.63, 3.8) is 0 Å². The Morgan fingerprint density at radius 3 is 2.62 bits per heavy atom. The number of hydrogen-bond acceptors (Lipinski definition) is 3. The van der Waals surface area contributed by atoms with E-state index in [0.717, 1.165) is 22.0 Å². The fraction of sp³-hybridized carbons (Fsp3) is 0.294. The molecule has 0 heterocycles. The Labute approximate surface area is 131 Å². The first-order valence-corrected chi connectivity index (χ1v) is 7.27. The van der Waals surface area contributed by atoms with Crippen molar-refractivity contribution in [3.8, 4) is 5.75 Å². The van der Waals surface area contributed by atoms with Crippen molar-refractivity contribution in [2.75, 3.05) is 25.6 Å². The number of methoxy groups -OCH3 is 1. The van der Waals surface area contributed by atoms with Crippen LogP contribution in [-0.4, -0.2) is 20.7 Å². The molecule has 2 aromatic carbocycles. The molecule has 112 valence electrons. The Kier molecular flexibility index (Phi) is 5.10. The molecule has 1 atom stereocenters. The topological polar surface area (TPSA) is 38.5 Å². The molecule has 0 amide bonds. The van der Waals surface area contributed by atoms with Crippen LogP contribution >= 0.6 is 11.6 Å². The van der Waals surface area contributed by atoms with Gasteiger partial charge in [-0.15, -0.1) is 0 Å². The number of halogens is 1. The van der Waals surface area contributed by atoms with Gasteiger partial charge in [0.1, 0.15) is 5.75 Å². The molecule has 0 radical (unpaired) electrons. The molecular weight excluding hydrogens is 284 g/mol. The van der Waals surface area contributed by atoms with Crippen molar-refractivity contribution >= 4 is 17.3 Å². The highest BCUT2D eigenvalue weighted by atomic mass is 35.5. The quantitative estimate of drug-likeness (QED) is 0.913. The summed E-state index contributed by atoms with van der Waals surface area (Å²) in [6, 6.07) is 14.0. The summed E-state index contributed by atoms with van der Waals surface area (Å²) >= 11 is 6.04. The molecule has 0 aliphatic heterocycles. The fourth-order valence-electron chi connectivity index (χ4n) is 2.52. The first-order valence-electron chi connectivity index (χ1n) is 6.89. The number of nitrogens with two attached hydrogens (primary N) is 1. The number of nitrogens with zero attached hydrogens (tertiary/aromatic N) is 1. The number of likely N-dealkylation sites (N-methyl/N-ethyl adjacent to an activating group) is 1. The molecule has 2 N–H and O–H groups in total. The summed E-state index contributed by atoms with van der Waals surface area (Å²) in [6.07, 6.45) is 0. The third-order valence-corrected chi connectivity index (χ3v) is 3.98. The lowest BCUT2D eigenvalue weighted by Gasteiger charge is -2.31. The number of aryl methyl sites for hydroxylation is 1. The van der Waals surface area contributed by atoms with E-state index in [1.54, 1.807) is 7.11 Å². The average molecular weight is 305 g/mol. The van der Waals surface area contributed by atoms with Crippen LogP contribution < -0.4 is 15.4 Å². The summed E-state index contributed by atoms with van der Waals surface area (Å²) in [4.78, 5) is 2.17. The van der Waals surface area contributed by atoms with Gasteiger partial charge in [0.05, 0.1) is 13.2 Å². The predicted octanol–water partition coefficient (Wildman–Crippen LogP) is 3.79. The summed E-state index contributed by atoms with van der Waals surface area (Å²) < 4.78 is 5.29. The predicted molar refractivity (Wildman–Crippen MR) is 89.4 cm³/mol. The van der Waals surface area contributed by atoms with Gasteiger partial charge in [0.2, 0.25) is 0 Å². The van der Waals surface area contributed by atoms with Crippen molar-refractivity contribution in [2.45, 2.75) is 13.0 Å². The monoisotopic (exact) mass is 304 g/mol. The van der Waals surface area contributed by atoms with Crippen LogP contribution in [0.15, 0.2) is 42.5 Å². The molecule has 0 saturated heterocycles. The van der Waals surface area contributed by atoms with Crippen LogP contribution in [0.25, 0.3) is 0 Å². The number of benzene rings is 2. The molecule has 0 saturated carbocycles. The number of hydrogen-bond donors (Lipinski definition) is 1. The first kappa shape index (κ1) is 15.7. The van der Waals surface area contributed by atoms with Gasteiger partial charge in [0.15, 0.2) is 0 Å². The summed E-state index contributed by atoms with van der Waals surface area (Å²) in [5.74, 6) is 0.836. The van der Waals surface area contributed by atoms with Gasteiger partial charge in [-0.05, 0) is 42.3 Å². The van der Waals surface area contributed by atoms with Gasteiger partial charge in [-0.25, -0.2) is 0 Å². The number of ether oxygens (including phenoxy) is 1. The Bertz CT molecular complexity index is 615. The van der Waals surface area contributed by atoms with Gasteiger partial charge in [-0.2, -0.15) is 0 Å². The van der Waals surface area contributed by atoms with Gasteiger partial charge >= 0.3 is 0 Å². The van der Waals surface area contributed by atoms with Crippen LogP contribution in [0.4, 0.5) is 5.69 Å². The van der Waals surface area contributed by atoms with Crippen molar-refractivity contribution in [1.29, 1.82) is 0 Å². The lowest BCUT2D eigenvalue weighted by Crippen LogP contribution is -2.31. The molecule has 0 aliphatic carbocycles. The average Bonchev–Trinajstić information content (AvgIpc) is 2.50. The zero-order chi connectivity index (χ0) is 15.4. The smallest absolute Gasteiger partial charge is 0.120 e. The van der Waals surface area contributed by atoms with E-state index < -0.39 is 0 Å². The van der Waals surface area contributed by atoms with E-state index in [9.17, 15) is 0 Å². The van der Waals surface area contributed by atoms with Crippen molar-refractivity contribution < 1.29 is 4.74 Å². The Morgan fingerprint density at radius 2 is 2.00 bits per heavy atom. The summed E-state index contributed by atoms with van der Waals surface area (Å²) in [6.45, 7) is 2.58. The van der Waals surface area contributed by atoms with E-state index in [1.807, 2.05) is 43.4 Å². The van der Waals surface area contributed by atoms with E-state index >= 15 is 0 Å². The maximum atomic E-state index is 6.04. The van der Waals surface area contributed by atoms with Crippen LogP contribution in [0, 0.1) is 6.92 Å². The normalized spacial score (nSPS) is 12.0. The second-order valence-electron chi connectivity index (χ2n) is 5.06. The number of rotatable bonds is 5. The fourth-order valence-corrected chi connectivity index (χ4v) is 2.74. The van der Waals surface area contributed by atoms with Crippen LogP contribution in [0.5, 0.6) is 5.75 Å². The standard InChI is InChI=1S/C17H21ClN2O/c1-12-9-13(18)7-8-16(12)17(11-19)20(2)14-5-4-6-15(10-14)21-3/h4-10,17H,11,19H2,1-3H3. The maximum absolute atomic E-state index is 6.04. The highest BCUT2D eigenvalue weighted by Gasteiger charge is 2.18.